The normalized spacial score (nSPS) is 22.6. The first-order chi connectivity index (χ1) is 19.3. The van der Waals surface area contributed by atoms with Gasteiger partial charge < -0.3 is 24.4 Å². The highest BCUT2D eigenvalue weighted by atomic mass is 19.4. The molecule has 0 aliphatic carbocycles. The third-order valence-electron chi connectivity index (χ3n) is 6.98. The van der Waals surface area contributed by atoms with E-state index in [9.17, 15) is 26.3 Å². The van der Waals surface area contributed by atoms with Crippen LogP contribution in [0.25, 0.3) is 0 Å². The van der Waals surface area contributed by atoms with E-state index in [2.05, 4.69) is 20.3 Å². The highest BCUT2D eigenvalue weighted by molar-refractivity contribution is 5.87. The lowest BCUT2D eigenvalue weighted by Crippen LogP contribution is -2.44. The van der Waals surface area contributed by atoms with Crippen molar-refractivity contribution in [2.24, 2.45) is 10.9 Å². The lowest BCUT2D eigenvalue weighted by atomic mass is 10.0. The van der Waals surface area contributed by atoms with E-state index in [1.54, 1.807) is 18.7 Å². The number of nitrogens with zero attached hydrogens (tertiary/aromatic N) is 4. The number of amidine groups is 1. The van der Waals surface area contributed by atoms with Gasteiger partial charge in [0.25, 0.3) is 0 Å². The average molecular weight is 586 g/mol. The van der Waals surface area contributed by atoms with Crippen LogP contribution < -0.4 is 10.1 Å². The van der Waals surface area contributed by atoms with E-state index in [1.807, 2.05) is 0 Å². The number of alkyl halides is 6. The van der Waals surface area contributed by atoms with Crippen molar-refractivity contribution in [1.29, 1.82) is 0 Å². The summed E-state index contributed by atoms with van der Waals surface area (Å²) in [5.74, 6) is -2.21. The summed E-state index contributed by atoms with van der Waals surface area (Å²) in [7, 11) is 0. The first kappa shape index (κ1) is 29.1. The number of anilines is 2. The smallest absolute Gasteiger partial charge is 0.416 e. The van der Waals surface area contributed by atoms with Crippen LogP contribution in [0, 0.1) is 5.92 Å². The molecule has 1 N–H and O–H groups in total. The van der Waals surface area contributed by atoms with Crippen LogP contribution >= 0.6 is 0 Å². The van der Waals surface area contributed by atoms with E-state index < -0.39 is 29.6 Å². The third-order valence-corrected chi connectivity index (χ3v) is 6.98. The van der Waals surface area contributed by atoms with Crippen molar-refractivity contribution in [2.75, 3.05) is 31.6 Å². The molecule has 1 saturated heterocycles. The molecule has 2 atom stereocenters. The van der Waals surface area contributed by atoms with E-state index in [0.717, 1.165) is 12.1 Å². The van der Waals surface area contributed by atoms with E-state index in [4.69, 9.17) is 14.2 Å². The predicted octanol–water partition coefficient (Wildman–Crippen LogP) is 5.66. The van der Waals surface area contributed by atoms with Crippen LogP contribution in [0.5, 0.6) is 6.01 Å². The summed E-state index contributed by atoms with van der Waals surface area (Å²) in [6.07, 6.45) is -6.15. The van der Waals surface area contributed by atoms with Crippen LogP contribution in [0.3, 0.4) is 0 Å². The number of benzene rings is 1. The predicted molar refractivity (Wildman–Crippen MR) is 137 cm³/mol. The minimum absolute atomic E-state index is 0.00558. The molecule has 0 radical (unpaired) electrons. The summed E-state index contributed by atoms with van der Waals surface area (Å²) >= 11 is 0. The molecular weight excluding hydrogens is 556 g/mol. The van der Waals surface area contributed by atoms with Crippen molar-refractivity contribution in [3.8, 4) is 6.01 Å². The molecule has 4 heterocycles. The zero-order valence-corrected chi connectivity index (χ0v) is 22.3. The fourth-order valence-electron chi connectivity index (χ4n) is 4.97. The number of hydrogen-bond acceptors (Lipinski definition) is 8. The number of fused-ring (bicyclic) bond motifs is 1. The summed E-state index contributed by atoms with van der Waals surface area (Å²) in [4.78, 5) is 14.7. The maximum atomic E-state index is 13.8. The van der Waals surface area contributed by atoms with E-state index in [-0.39, 0.29) is 56.9 Å². The summed E-state index contributed by atoms with van der Waals surface area (Å²) in [5, 5.41) is 3.05. The van der Waals surface area contributed by atoms with Gasteiger partial charge in [0.1, 0.15) is 30.3 Å². The minimum Gasteiger partial charge on any atom is -0.461 e. The molecule has 5 rings (SSSR count). The van der Waals surface area contributed by atoms with Crippen LogP contribution in [-0.2, 0) is 28.5 Å². The molecule has 3 aliphatic rings. The van der Waals surface area contributed by atoms with E-state index in [0.29, 0.717) is 29.4 Å². The molecule has 3 aliphatic heterocycles. The number of aromatic nitrogens is 2. The Hall–Kier alpha value is -3.39. The van der Waals surface area contributed by atoms with Crippen molar-refractivity contribution in [3.05, 3.63) is 53.4 Å². The number of halogens is 6. The average Bonchev–Trinajstić information content (AvgIpc) is 3.11. The Morgan fingerprint density at radius 1 is 1.05 bits per heavy atom. The number of rotatable bonds is 5. The molecule has 41 heavy (non-hydrogen) atoms. The Balaban J connectivity index is 1.41. The van der Waals surface area contributed by atoms with Gasteiger partial charge >= 0.3 is 18.4 Å². The molecule has 0 saturated carbocycles. The van der Waals surface area contributed by atoms with Crippen molar-refractivity contribution in [2.45, 2.75) is 57.4 Å². The monoisotopic (exact) mass is 585 g/mol. The van der Waals surface area contributed by atoms with Crippen LogP contribution in [0.2, 0.25) is 0 Å². The quantitative estimate of drug-likeness (QED) is 0.454. The number of hydrogen-bond donors (Lipinski definition) is 1. The fraction of sp³-hybridized carbons (Fsp3) is 0.519. The van der Waals surface area contributed by atoms with Gasteiger partial charge in [0, 0.05) is 37.0 Å². The van der Waals surface area contributed by atoms with Gasteiger partial charge in [0.05, 0.1) is 17.9 Å². The second-order valence-electron chi connectivity index (χ2n) is 10.4. The SMILES string of the molecule is CC1(C)OC[C@H](COc2nc3c(c(Nc4ccc(C(F)(F)F)cc4)n2)CCN(C2=NC=CCC2C(F)(F)F)CC3)O1. The Morgan fingerprint density at radius 3 is 2.44 bits per heavy atom. The van der Waals surface area contributed by atoms with Crippen molar-refractivity contribution in [1.82, 2.24) is 14.9 Å². The second-order valence-corrected chi connectivity index (χ2v) is 10.4. The second kappa shape index (κ2) is 11.1. The minimum atomic E-state index is -4.49. The fourth-order valence-corrected chi connectivity index (χ4v) is 4.97. The first-order valence-electron chi connectivity index (χ1n) is 13.1. The number of aliphatic imine (C=N–C) groups is 1. The maximum absolute atomic E-state index is 13.8. The molecule has 0 amide bonds. The maximum Gasteiger partial charge on any atom is 0.416 e. The van der Waals surface area contributed by atoms with Crippen LogP contribution in [0.1, 0.15) is 37.1 Å². The Morgan fingerprint density at radius 2 is 1.78 bits per heavy atom. The summed E-state index contributed by atoms with van der Waals surface area (Å²) in [6.45, 7) is 4.40. The van der Waals surface area contributed by atoms with Gasteiger partial charge in [-0.15, -0.1) is 0 Å². The summed E-state index contributed by atoms with van der Waals surface area (Å²) in [5.41, 5.74) is 0.745. The van der Waals surface area contributed by atoms with Gasteiger partial charge in [-0.25, -0.2) is 4.99 Å². The van der Waals surface area contributed by atoms with Crippen LogP contribution in [0.15, 0.2) is 41.5 Å². The third kappa shape index (κ3) is 6.92. The molecule has 1 aromatic heterocycles. The highest BCUT2D eigenvalue weighted by Crippen LogP contribution is 2.35. The number of ether oxygens (including phenoxy) is 3. The lowest BCUT2D eigenvalue weighted by molar-refractivity contribution is -0.156. The van der Waals surface area contributed by atoms with E-state index >= 15 is 0 Å². The molecule has 222 valence electrons. The zero-order chi connectivity index (χ0) is 29.4. The molecule has 1 unspecified atom stereocenters. The Bertz CT molecular complexity index is 1310. The standard InChI is InChI=1S/C27H29F6N5O3/c1-25(2)40-15-18(41-25)14-39-24-36-21-10-13-38(23-20(27(31,32)33)4-3-11-34-23)12-9-19(21)22(37-24)35-17-7-5-16(6-8-17)26(28,29)30/h3,5-8,11,18,20H,4,9-10,12-15H2,1-2H3,(H,35,36,37)/t18-,20?/m0/s1. The number of allylic oxidation sites excluding steroid dienone is 1. The van der Waals surface area contributed by atoms with Crippen molar-refractivity contribution >= 4 is 17.3 Å². The van der Waals surface area contributed by atoms with Gasteiger partial charge in [-0.2, -0.15) is 36.3 Å². The molecule has 0 bridgehead atoms. The zero-order valence-electron chi connectivity index (χ0n) is 22.3. The van der Waals surface area contributed by atoms with Gasteiger partial charge in [0.2, 0.25) is 0 Å². The molecule has 2 aromatic rings. The van der Waals surface area contributed by atoms with Gasteiger partial charge in [-0.3, -0.25) is 0 Å². The molecule has 8 nitrogen and oxygen atoms in total. The van der Waals surface area contributed by atoms with Gasteiger partial charge in [-0.1, -0.05) is 6.08 Å². The van der Waals surface area contributed by atoms with Crippen molar-refractivity contribution < 1.29 is 40.6 Å². The summed E-state index contributed by atoms with van der Waals surface area (Å²) < 4.78 is 97.6. The largest absolute Gasteiger partial charge is 0.461 e. The van der Waals surface area contributed by atoms with Crippen LogP contribution in [0.4, 0.5) is 37.8 Å². The van der Waals surface area contributed by atoms with Gasteiger partial charge in [0.15, 0.2) is 5.79 Å². The lowest BCUT2D eigenvalue weighted by Gasteiger charge is -2.32. The topological polar surface area (TPSA) is 81.1 Å². The van der Waals surface area contributed by atoms with Crippen LogP contribution in [-0.4, -0.2) is 65.1 Å². The number of nitrogens with one attached hydrogen (secondary N) is 1. The van der Waals surface area contributed by atoms with Crippen molar-refractivity contribution in [3.63, 3.8) is 0 Å². The van der Waals surface area contributed by atoms with E-state index in [1.165, 1.54) is 24.4 Å². The first-order valence-corrected chi connectivity index (χ1v) is 13.1. The molecular formula is C27H29F6N5O3. The summed E-state index contributed by atoms with van der Waals surface area (Å²) in [6, 6.07) is 4.47. The molecule has 0 spiro atoms. The highest BCUT2D eigenvalue weighted by Gasteiger charge is 2.45. The molecule has 14 heteroatoms. The molecule has 1 fully saturated rings. The Labute approximate surface area is 232 Å². The van der Waals surface area contributed by atoms with Gasteiger partial charge in [-0.05, 0) is 51.0 Å². The Kier molecular flexibility index (Phi) is 7.90. The molecule has 1 aromatic carbocycles.